The minimum absolute atomic E-state index is 0.0965. The molecule has 1 aliphatic heterocycles. The number of piperidine rings is 1. The van der Waals surface area contributed by atoms with Gasteiger partial charge in [-0.3, -0.25) is 0 Å². The van der Waals surface area contributed by atoms with Gasteiger partial charge in [0.15, 0.2) is 0 Å². The molecule has 0 radical (unpaired) electrons. The molecule has 1 rings (SSSR count). The number of rotatable bonds is 6. The van der Waals surface area contributed by atoms with E-state index in [1.54, 1.807) is 0 Å². The van der Waals surface area contributed by atoms with Gasteiger partial charge in [-0.25, -0.2) is 0 Å². The highest BCUT2D eigenvalue weighted by molar-refractivity contribution is 4.71. The molecule has 4 heteroatoms. The molecule has 0 aromatic carbocycles. The summed E-state index contributed by atoms with van der Waals surface area (Å²) in [7, 11) is 0. The summed E-state index contributed by atoms with van der Waals surface area (Å²) in [5.74, 6) is 0.446. The van der Waals surface area contributed by atoms with Crippen molar-refractivity contribution in [2.45, 2.75) is 12.8 Å². The highest BCUT2D eigenvalue weighted by atomic mass is 16.5. The van der Waals surface area contributed by atoms with Gasteiger partial charge in [0.05, 0.1) is 19.8 Å². The molecule has 1 heterocycles. The van der Waals surface area contributed by atoms with Crippen LogP contribution in [-0.2, 0) is 4.74 Å². The molecule has 1 unspecified atom stereocenters. The van der Waals surface area contributed by atoms with Crippen molar-refractivity contribution in [1.82, 2.24) is 4.90 Å². The van der Waals surface area contributed by atoms with Gasteiger partial charge in [-0.1, -0.05) is 0 Å². The van der Waals surface area contributed by atoms with Crippen LogP contribution in [0.5, 0.6) is 0 Å². The lowest BCUT2D eigenvalue weighted by Gasteiger charge is -2.31. The second-order valence-electron chi connectivity index (χ2n) is 3.83. The fraction of sp³-hybridized carbons (Fsp3) is 1.00. The maximum atomic E-state index is 9.03. The minimum atomic E-state index is 0.0965. The molecule has 1 fully saturated rings. The van der Waals surface area contributed by atoms with Crippen molar-refractivity contribution in [3.63, 3.8) is 0 Å². The average Bonchev–Trinajstić information content (AvgIpc) is 2.25. The summed E-state index contributed by atoms with van der Waals surface area (Å²) in [4.78, 5) is 2.32. The molecule has 0 bridgehead atoms. The summed E-state index contributed by atoms with van der Waals surface area (Å²) in [5, 5.41) is 17.5. The van der Waals surface area contributed by atoms with Crippen molar-refractivity contribution in [2.75, 3.05) is 46.1 Å². The monoisotopic (exact) mass is 203 g/mol. The Bertz CT molecular complexity index is 143. The zero-order valence-electron chi connectivity index (χ0n) is 8.69. The molecule has 0 amide bonds. The number of ether oxygens (including phenoxy) is 1. The van der Waals surface area contributed by atoms with E-state index in [2.05, 4.69) is 4.90 Å². The lowest BCUT2D eigenvalue weighted by molar-refractivity contribution is 0.0551. The second-order valence-corrected chi connectivity index (χ2v) is 3.83. The zero-order valence-corrected chi connectivity index (χ0v) is 8.69. The molecule has 0 aromatic heterocycles. The third-order valence-corrected chi connectivity index (χ3v) is 2.65. The fourth-order valence-corrected chi connectivity index (χ4v) is 1.86. The third kappa shape index (κ3) is 4.37. The standard InChI is InChI=1S/C10H21NO3/c12-5-7-14-6-4-11-3-1-2-10(8-11)9-13/h10,12-13H,1-9H2. The molecule has 0 saturated carbocycles. The van der Waals surface area contributed by atoms with Crippen LogP contribution in [0.15, 0.2) is 0 Å². The lowest BCUT2D eigenvalue weighted by Crippen LogP contribution is -2.38. The molecule has 1 saturated heterocycles. The molecule has 14 heavy (non-hydrogen) atoms. The van der Waals surface area contributed by atoms with Crippen LogP contribution in [0, 0.1) is 5.92 Å². The lowest BCUT2D eigenvalue weighted by atomic mass is 9.99. The van der Waals surface area contributed by atoms with Crippen LogP contribution < -0.4 is 0 Å². The van der Waals surface area contributed by atoms with Gasteiger partial charge < -0.3 is 19.8 Å². The SMILES string of the molecule is OCCOCCN1CCCC(CO)C1. The molecule has 1 atom stereocenters. The fourth-order valence-electron chi connectivity index (χ4n) is 1.86. The van der Waals surface area contributed by atoms with Crippen molar-refractivity contribution >= 4 is 0 Å². The van der Waals surface area contributed by atoms with E-state index < -0.39 is 0 Å². The Labute approximate surface area is 85.5 Å². The number of hydrogen-bond donors (Lipinski definition) is 2. The van der Waals surface area contributed by atoms with Gasteiger partial charge in [0.2, 0.25) is 0 Å². The Morgan fingerprint density at radius 3 is 2.86 bits per heavy atom. The van der Waals surface area contributed by atoms with E-state index in [-0.39, 0.29) is 6.61 Å². The summed E-state index contributed by atoms with van der Waals surface area (Å²) < 4.78 is 5.20. The molecule has 84 valence electrons. The predicted octanol–water partition coefficient (Wildman–Crippen LogP) is -0.300. The summed E-state index contributed by atoms with van der Waals surface area (Å²) in [6.07, 6.45) is 2.32. The highest BCUT2D eigenvalue weighted by Crippen LogP contribution is 2.14. The Morgan fingerprint density at radius 1 is 1.29 bits per heavy atom. The van der Waals surface area contributed by atoms with Crippen molar-refractivity contribution in [3.8, 4) is 0 Å². The van der Waals surface area contributed by atoms with Gasteiger partial charge in [-0.2, -0.15) is 0 Å². The maximum absolute atomic E-state index is 9.03. The normalized spacial score (nSPS) is 24.0. The van der Waals surface area contributed by atoms with Crippen LogP contribution in [0.3, 0.4) is 0 Å². The summed E-state index contributed by atoms with van der Waals surface area (Å²) in [6, 6.07) is 0. The van der Waals surface area contributed by atoms with Crippen LogP contribution in [0.4, 0.5) is 0 Å². The molecule has 2 N–H and O–H groups in total. The van der Waals surface area contributed by atoms with Crippen molar-refractivity contribution in [2.24, 2.45) is 5.92 Å². The Hall–Kier alpha value is -0.160. The number of aliphatic hydroxyl groups is 2. The summed E-state index contributed by atoms with van der Waals surface area (Å²) >= 11 is 0. The van der Waals surface area contributed by atoms with Crippen LogP contribution in [0.25, 0.3) is 0 Å². The molecule has 0 aliphatic carbocycles. The van der Waals surface area contributed by atoms with Gasteiger partial charge in [-0.15, -0.1) is 0 Å². The van der Waals surface area contributed by atoms with Crippen molar-refractivity contribution in [1.29, 1.82) is 0 Å². The zero-order chi connectivity index (χ0) is 10.2. The highest BCUT2D eigenvalue weighted by Gasteiger charge is 2.18. The van der Waals surface area contributed by atoms with Crippen molar-refractivity contribution in [3.05, 3.63) is 0 Å². The van der Waals surface area contributed by atoms with Crippen LogP contribution in [-0.4, -0.2) is 61.2 Å². The molecule has 0 spiro atoms. The van der Waals surface area contributed by atoms with Gasteiger partial charge in [0.25, 0.3) is 0 Å². The average molecular weight is 203 g/mol. The van der Waals surface area contributed by atoms with E-state index in [1.165, 1.54) is 6.42 Å². The van der Waals surface area contributed by atoms with Gasteiger partial charge in [-0.05, 0) is 25.3 Å². The molecular weight excluding hydrogens is 182 g/mol. The molecule has 0 aromatic rings. The molecule has 1 aliphatic rings. The van der Waals surface area contributed by atoms with Crippen LogP contribution >= 0.6 is 0 Å². The van der Waals surface area contributed by atoms with E-state index in [9.17, 15) is 0 Å². The first kappa shape index (κ1) is 11.9. The summed E-state index contributed by atoms with van der Waals surface area (Å²) in [5.41, 5.74) is 0. The number of nitrogens with zero attached hydrogens (tertiary/aromatic N) is 1. The van der Waals surface area contributed by atoms with Gasteiger partial charge >= 0.3 is 0 Å². The first-order valence-corrected chi connectivity index (χ1v) is 5.38. The van der Waals surface area contributed by atoms with Crippen molar-refractivity contribution < 1.29 is 14.9 Å². The van der Waals surface area contributed by atoms with E-state index in [0.717, 1.165) is 26.1 Å². The first-order chi connectivity index (χ1) is 6.86. The molecule has 4 nitrogen and oxygen atoms in total. The maximum Gasteiger partial charge on any atom is 0.0698 e. The van der Waals surface area contributed by atoms with Crippen LogP contribution in [0.2, 0.25) is 0 Å². The Balaban J connectivity index is 2.05. The summed E-state index contributed by atoms with van der Waals surface area (Å²) in [6.45, 7) is 4.51. The van der Waals surface area contributed by atoms with E-state index in [1.807, 2.05) is 0 Å². The first-order valence-electron chi connectivity index (χ1n) is 5.38. The van der Waals surface area contributed by atoms with E-state index in [0.29, 0.717) is 25.7 Å². The second kappa shape index (κ2) is 7.17. The van der Waals surface area contributed by atoms with E-state index >= 15 is 0 Å². The number of hydrogen-bond acceptors (Lipinski definition) is 4. The van der Waals surface area contributed by atoms with Crippen LogP contribution in [0.1, 0.15) is 12.8 Å². The Kier molecular flexibility index (Phi) is 6.10. The number of likely N-dealkylation sites (tertiary alicyclic amines) is 1. The van der Waals surface area contributed by atoms with Gasteiger partial charge in [0.1, 0.15) is 0 Å². The smallest absolute Gasteiger partial charge is 0.0698 e. The Morgan fingerprint density at radius 2 is 2.14 bits per heavy atom. The number of aliphatic hydroxyl groups excluding tert-OH is 2. The topological polar surface area (TPSA) is 52.9 Å². The molecular formula is C10H21NO3. The third-order valence-electron chi connectivity index (χ3n) is 2.65. The van der Waals surface area contributed by atoms with E-state index in [4.69, 9.17) is 14.9 Å². The predicted molar refractivity (Wildman–Crippen MR) is 54.2 cm³/mol. The largest absolute Gasteiger partial charge is 0.396 e. The van der Waals surface area contributed by atoms with Gasteiger partial charge in [0, 0.05) is 19.7 Å². The quantitative estimate of drug-likeness (QED) is 0.582. The minimum Gasteiger partial charge on any atom is -0.396 e.